The van der Waals surface area contributed by atoms with E-state index in [1.54, 1.807) is 0 Å². The maximum absolute atomic E-state index is 13.1. The first-order valence-electron chi connectivity index (χ1n) is 44.0. The summed E-state index contributed by atoms with van der Waals surface area (Å²) in [5.74, 6) is -0.498. The Balaban J connectivity index is 5.23. The summed E-state index contributed by atoms with van der Waals surface area (Å²) in [4.78, 5) is 73.2. The number of phosphoric acid groups is 2. The minimum atomic E-state index is -4.96. The highest BCUT2D eigenvalue weighted by Gasteiger charge is 2.30. The highest BCUT2D eigenvalue weighted by molar-refractivity contribution is 7.47. The summed E-state index contributed by atoms with van der Waals surface area (Å²) < 4.78 is 68.9. The van der Waals surface area contributed by atoms with Crippen LogP contribution in [0.25, 0.3) is 0 Å². The topological polar surface area (TPSA) is 237 Å². The highest BCUT2D eigenvalue weighted by Crippen LogP contribution is 2.45. The fourth-order valence-corrected chi connectivity index (χ4v) is 14.8. The first-order chi connectivity index (χ1) is 50.4. The van der Waals surface area contributed by atoms with Gasteiger partial charge >= 0.3 is 39.5 Å². The molecule has 0 saturated heterocycles. The van der Waals surface area contributed by atoms with Crippen LogP contribution in [0.15, 0.2) is 0 Å². The average molecular weight is 1520 g/mol. The third kappa shape index (κ3) is 78.2. The molecule has 0 radical (unpaired) electrons. The summed E-state index contributed by atoms with van der Waals surface area (Å²) in [5, 5.41) is 10.7. The molecule has 0 bridgehead atoms. The van der Waals surface area contributed by atoms with Gasteiger partial charge in [-0.05, 0) is 37.5 Å². The SMILES string of the molecule is CCCCCCCCCCCCCCCCCCCCC(=O)OC[C@H](COP(=O)(O)OC[C@@H](O)COP(=O)(O)OC[C@@H](COC(=O)CCCCCCCCCCCC)OC(=O)CCCCCCCCCCCCCCCCC(C)C)OC(=O)CCCCCCCCCCCCCCCCCCC(C)C. The fourth-order valence-electron chi connectivity index (χ4n) is 13.2. The van der Waals surface area contributed by atoms with Gasteiger partial charge in [-0.25, -0.2) is 9.13 Å². The number of hydrogen-bond acceptors (Lipinski definition) is 15. The van der Waals surface area contributed by atoms with Crippen LogP contribution in [-0.4, -0.2) is 96.7 Å². The highest BCUT2D eigenvalue weighted by atomic mass is 31.2. The zero-order chi connectivity index (χ0) is 76.4. The Kier molecular flexibility index (Phi) is 75.0. The van der Waals surface area contributed by atoms with Crippen LogP contribution in [0.2, 0.25) is 0 Å². The molecule has 104 heavy (non-hydrogen) atoms. The van der Waals surface area contributed by atoms with Crippen LogP contribution >= 0.6 is 15.6 Å². The maximum atomic E-state index is 13.1. The number of unbranched alkanes of at least 4 members (excludes halogenated alkanes) is 54. The van der Waals surface area contributed by atoms with E-state index in [0.717, 1.165) is 102 Å². The normalized spacial score (nSPS) is 13.8. The lowest BCUT2D eigenvalue weighted by Crippen LogP contribution is -2.30. The molecule has 0 spiro atoms. The number of ether oxygens (including phenoxy) is 4. The van der Waals surface area contributed by atoms with Gasteiger partial charge < -0.3 is 33.8 Å². The van der Waals surface area contributed by atoms with E-state index >= 15 is 0 Å². The quantitative estimate of drug-likeness (QED) is 0.0222. The number of rotatable bonds is 84. The van der Waals surface area contributed by atoms with Crippen LogP contribution in [0.4, 0.5) is 0 Å². The van der Waals surface area contributed by atoms with Crippen LogP contribution in [0.1, 0.15) is 452 Å². The molecule has 618 valence electrons. The summed E-state index contributed by atoms with van der Waals surface area (Å²) in [5.41, 5.74) is 0. The van der Waals surface area contributed by atoms with Crippen molar-refractivity contribution in [3.05, 3.63) is 0 Å². The number of hydrogen-bond donors (Lipinski definition) is 3. The predicted octanol–water partition coefficient (Wildman–Crippen LogP) is 25.8. The molecule has 0 rings (SSSR count). The van der Waals surface area contributed by atoms with Crippen LogP contribution in [0.5, 0.6) is 0 Å². The number of carbonyl (C=O) groups is 4. The fraction of sp³-hybridized carbons (Fsp3) is 0.953. The summed E-state index contributed by atoms with van der Waals surface area (Å²) in [6.07, 6.45) is 68.0. The molecule has 0 aromatic rings. The molecule has 0 saturated carbocycles. The van der Waals surface area contributed by atoms with Gasteiger partial charge in [0.15, 0.2) is 12.2 Å². The second-order valence-electron chi connectivity index (χ2n) is 31.5. The molecule has 3 N–H and O–H groups in total. The van der Waals surface area contributed by atoms with Crippen LogP contribution in [0, 0.1) is 11.8 Å². The summed E-state index contributed by atoms with van der Waals surface area (Å²) in [6.45, 7) is 9.71. The molecule has 0 aromatic carbocycles. The van der Waals surface area contributed by atoms with Gasteiger partial charge in [0.1, 0.15) is 19.3 Å². The lowest BCUT2D eigenvalue weighted by Gasteiger charge is -2.21. The van der Waals surface area contributed by atoms with Crippen molar-refractivity contribution in [3.8, 4) is 0 Å². The van der Waals surface area contributed by atoms with E-state index in [0.29, 0.717) is 25.7 Å². The Hall–Kier alpha value is -1.94. The molecular formula is C85H166O17P2. The number of aliphatic hydroxyl groups excluding tert-OH is 1. The summed E-state index contributed by atoms with van der Waals surface area (Å²) in [7, 11) is -9.93. The third-order valence-corrected chi connectivity index (χ3v) is 21.9. The van der Waals surface area contributed by atoms with Gasteiger partial charge in [-0.3, -0.25) is 37.3 Å². The van der Waals surface area contributed by atoms with Gasteiger partial charge in [0.2, 0.25) is 0 Å². The van der Waals surface area contributed by atoms with E-state index in [1.165, 1.54) is 270 Å². The number of phosphoric ester groups is 2. The predicted molar refractivity (Wildman–Crippen MR) is 428 cm³/mol. The molecular weight excluding hydrogens is 1350 g/mol. The monoisotopic (exact) mass is 1520 g/mol. The molecule has 0 fully saturated rings. The van der Waals surface area contributed by atoms with Crippen molar-refractivity contribution in [1.29, 1.82) is 0 Å². The van der Waals surface area contributed by atoms with Gasteiger partial charge in [-0.15, -0.1) is 0 Å². The second kappa shape index (κ2) is 76.4. The van der Waals surface area contributed by atoms with Crippen molar-refractivity contribution >= 4 is 39.5 Å². The lowest BCUT2D eigenvalue weighted by molar-refractivity contribution is -0.161. The third-order valence-electron chi connectivity index (χ3n) is 20.0. The van der Waals surface area contributed by atoms with Gasteiger partial charge in [0.05, 0.1) is 26.4 Å². The van der Waals surface area contributed by atoms with Crippen LogP contribution in [-0.2, 0) is 65.4 Å². The Bertz CT molecular complexity index is 1990. The maximum Gasteiger partial charge on any atom is 0.472 e. The molecule has 0 aromatic heterocycles. The van der Waals surface area contributed by atoms with Crippen molar-refractivity contribution in [3.63, 3.8) is 0 Å². The van der Waals surface area contributed by atoms with E-state index in [4.69, 9.17) is 37.0 Å². The Morgan fingerprint density at radius 2 is 0.442 bits per heavy atom. The van der Waals surface area contributed by atoms with E-state index in [2.05, 4.69) is 41.5 Å². The van der Waals surface area contributed by atoms with E-state index < -0.39 is 97.5 Å². The molecule has 17 nitrogen and oxygen atoms in total. The Morgan fingerprint density at radius 1 is 0.260 bits per heavy atom. The minimum absolute atomic E-state index is 0.108. The zero-order valence-corrected chi connectivity index (χ0v) is 70.1. The largest absolute Gasteiger partial charge is 0.472 e. The van der Waals surface area contributed by atoms with Gasteiger partial charge in [-0.1, -0.05) is 401 Å². The van der Waals surface area contributed by atoms with Crippen LogP contribution in [0.3, 0.4) is 0 Å². The minimum Gasteiger partial charge on any atom is -0.462 e. The lowest BCUT2D eigenvalue weighted by atomic mass is 10.0. The summed E-state index contributed by atoms with van der Waals surface area (Å²) in [6, 6.07) is 0. The van der Waals surface area contributed by atoms with E-state index in [-0.39, 0.29) is 25.7 Å². The molecule has 0 aliphatic heterocycles. The number of carbonyl (C=O) groups excluding carboxylic acids is 4. The first kappa shape index (κ1) is 102. The van der Waals surface area contributed by atoms with Crippen molar-refractivity contribution in [2.45, 2.75) is 471 Å². The Labute approximate surface area is 638 Å². The van der Waals surface area contributed by atoms with E-state index in [9.17, 15) is 43.2 Å². The Morgan fingerprint density at radius 3 is 0.654 bits per heavy atom. The second-order valence-corrected chi connectivity index (χ2v) is 34.4. The van der Waals surface area contributed by atoms with Crippen LogP contribution < -0.4 is 0 Å². The molecule has 2 unspecified atom stereocenters. The average Bonchev–Trinajstić information content (AvgIpc) is 0.985. The van der Waals surface area contributed by atoms with Crippen molar-refractivity contribution < 1.29 is 80.2 Å². The molecule has 0 amide bonds. The summed E-state index contributed by atoms with van der Waals surface area (Å²) >= 11 is 0. The zero-order valence-electron chi connectivity index (χ0n) is 68.3. The van der Waals surface area contributed by atoms with Crippen molar-refractivity contribution in [1.82, 2.24) is 0 Å². The molecule has 0 aliphatic carbocycles. The smallest absolute Gasteiger partial charge is 0.462 e. The molecule has 5 atom stereocenters. The number of esters is 4. The molecule has 19 heteroatoms. The van der Waals surface area contributed by atoms with Crippen molar-refractivity contribution in [2.75, 3.05) is 39.6 Å². The number of aliphatic hydroxyl groups is 1. The van der Waals surface area contributed by atoms with Gasteiger partial charge in [-0.2, -0.15) is 0 Å². The van der Waals surface area contributed by atoms with Crippen molar-refractivity contribution in [2.24, 2.45) is 11.8 Å². The standard InChI is InChI=1S/C85H166O17P2/c1-7-9-11-13-15-17-19-20-21-22-23-27-33-38-44-50-56-62-68-83(88)96-74-81(102-84(89)69-63-57-51-45-39-34-28-25-24-26-31-36-41-47-53-59-65-77(3)4)76-100-104(93,94)98-72-79(86)71-97-103(91,92)99-75-80(73-95-82(87)67-61-55-49-43-18-16-14-12-10-8-2)101-85(90)70-64-58-52-46-40-35-30-29-32-37-42-48-54-60-66-78(5)6/h77-81,86H,7-76H2,1-6H3,(H,91,92)(H,93,94)/t79-,80+,81+/m0/s1. The van der Waals surface area contributed by atoms with Gasteiger partial charge in [0, 0.05) is 25.7 Å². The van der Waals surface area contributed by atoms with Gasteiger partial charge in [0.25, 0.3) is 0 Å². The first-order valence-corrected chi connectivity index (χ1v) is 47.0. The molecule has 0 heterocycles. The van der Waals surface area contributed by atoms with E-state index in [1.807, 2.05) is 0 Å². The molecule has 0 aliphatic rings.